The summed E-state index contributed by atoms with van der Waals surface area (Å²) in [7, 11) is 0. The second kappa shape index (κ2) is 8.08. The number of hydrogen-bond acceptors (Lipinski definition) is 3. The van der Waals surface area contributed by atoms with Crippen LogP contribution in [0.25, 0.3) is 0 Å². The van der Waals surface area contributed by atoms with E-state index in [0.29, 0.717) is 0 Å². The molecule has 0 fully saturated rings. The number of rotatable bonds is 8. The Morgan fingerprint density at radius 1 is 0.929 bits per heavy atom. The van der Waals surface area contributed by atoms with Crippen molar-refractivity contribution in [3.05, 3.63) is 11.6 Å². The van der Waals surface area contributed by atoms with Gasteiger partial charge in [-0.05, 0) is 13.3 Å². The van der Waals surface area contributed by atoms with Crippen molar-refractivity contribution < 1.29 is 67.7 Å². The summed E-state index contributed by atoms with van der Waals surface area (Å²) in [6.07, 6.45) is -20.8. The summed E-state index contributed by atoms with van der Waals surface area (Å²) >= 11 is 0. The average molecular weight is 441 g/mol. The highest BCUT2D eigenvalue weighted by molar-refractivity contribution is 5.86. The molecule has 1 atom stereocenters. The highest BCUT2D eigenvalue weighted by Gasteiger charge is 2.79. The molecular weight excluding hydrogens is 431 g/mol. The van der Waals surface area contributed by atoms with Gasteiger partial charge in [-0.2, -0.15) is 48.3 Å². The first-order chi connectivity index (χ1) is 12.2. The van der Waals surface area contributed by atoms with Gasteiger partial charge in [0.25, 0.3) is 5.91 Å². The lowest BCUT2D eigenvalue weighted by Gasteiger charge is -2.34. The largest absolute Gasteiger partial charge is 0.478 e. The number of ether oxygens (including phenoxy) is 1. The van der Waals surface area contributed by atoms with Crippen molar-refractivity contribution in [3.8, 4) is 0 Å². The minimum absolute atomic E-state index is 0.385. The predicted octanol–water partition coefficient (Wildman–Crippen LogP) is 3.56. The number of amides is 1. The maximum absolute atomic E-state index is 13.8. The molecule has 0 aromatic carbocycles. The third kappa shape index (κ3) is 5.45. The molecule has 0 bridgehead atoms. The van der Waals surface area contributed by atoms with Crippen molar-refractivity contribution in [2.75, 3.05) is 6.54 Å². The predicted molar refractivity (Wildman–Crippen MR) is 65.9 cm³/mol. The molecule has 0 saturated carbocycles. The summed E-state index contributed by atoms with van der Waals surface area (Å²) in [6.45, 7) is -0.0298. The van der Waals surface area contributed by atoms with E-state index < -0.39 is 55.1 Å². The van der Waals surface area contributed by atoms with E-state index in [1.165, 1.54) is 0 Å². The highest BCUT2D eigenvalue weighted by Crippen LogP contribution is 2.50. The molecule has 0 radical (unpaired) electrons. The van der Waals surface area contributed by atoms with Crippen LogP contribution >= 0.6 is 0 Å². The molecular formula is C12H10F11NO4. The van der Waals surface area contributed by atoms with E-state index in [2.05, 4.69) is 0 Å². The number of carboxylic acids is 1. The molecule has 16 heteroatoms. The van der Waals surface area contributed by atoms with E-state index in [0.717, 1.165) is 18.3 Å². The van der Waals surface area contributed by atoms with Gasteiger partial charge in [0.05, 0.1) is 0 Å². The lowest BCUT2D eigenvalue weighted by Crippen LogP contribution is -2.63. The van der Waals surface area contributed by atoms with Gasteiger partial charge in [-0.25, -0.2) is 4.79 Å². The van der Waals surface area contributed by atoms with Crippen molar-refractivity contribution in [1.29, 1.82) is 0 Å². The Bertz CT molecular complexity index is 626. The van der Waals surface area contributed by atoms with Crippen LogP contribution in [-0.2, 0) is 14.3 Å². The molecule has 0 spiro atoms. The number of hydrogen-bond donors (Lipinski definition) is 2. The van der Waals surface area contributed by atoms with Gasteiger partial charge in [-0.3, -0.25) is 9.53 Å². The summed E-state index contributed by atoms with van der Waals surface area (Å²) in [5, 5.41) is 9.45. The number of carboxylic acid groups (broad SMARTS) is 1. The number of halogens is 11. The number of aliphatic carboxylic acids is 1. The van der Waals surface area contributed by atoms with E-state index in [-0.39, 0.29) is 5.57 Å². The van der Waals surface area contributed by atoms with Crippen molar-refractivity contribution in [3.63, 3.8) is 0 Å². The molecule has 0 aromatic rings. The van der Waals surface area contributed by atoms with Crippen LogP contribution in [0.1, 0.15) is 13.3 Å². The van der Waals surface area contributed by atoms with Crippen molar-refractivity contribution in [1.82, 2.24) is 5.32 Å². The fourth-order valence-corrected chi connectivity index (χ4v) is 1.31. The van der Waals surface area contributed by atoms with Crippen LogP contribution in [0.3, 0.4) is 0 Å². The quantitative estimate of drug-likeness (QED) is 0.343. The molecule has 0 aliphatic rings. The molecule has 2 N–H and O–H groups in total. The standard InChI is InChI=1S/C12H10F11NO4/c1-5(6(25)26)3-2-4-24-7(27)8(13,10(16,17)18)28-12(22,23)9(14,15)11(19,20)21/h3H,2,4H2,1H3,(H,24,27)(H,25,26). The van der Waals surface area contributed by atoms with Crippen LogP contribution < -0.4 is 5.32 Å². The summed E-state index contributed by atoms with van der Waals surface area (Å²) < 4.78 is 141. The molecule has 0 heterocycles. The molecule has 0 aliphatic heterocycles. The zero-order chi connectivity index (χ0) is 22.8. The lowest BCUT2D eigenvalue weighted by molar-refractivity contribution is -0.472. The maximum Gasteiger partial charge on any atom is 0.462 e. The van der Waals surface area contributed by atoms with Gasteiger partial charge in [-0.15, -0.1) is 0 Å². The smallest absolute Gasteiger partial charge is 0.462 e. The minimum atomic E-state index is -7.27. The monoisotopic (exact) mass is 441 g/mol. The van der Waals surface area contributed by atoms with Crippen molar-refractivity contribution in [2.24, 2.45) is 0 Å². The Kier molecular flexibility index (Phi) is 7.47. The number of carbonyl (C=O) groups excluding carboxylic acids is 1. The van der Waals surface area contributed by atoms with Crippen LogP contribution in [0.15, 0.2) is 11.6 Å². The number of carbonyl (C=O) groups is 2. The van der Waals surface area contributed by atoms with Crippen LogP contribution in [0, 0.1) is 0 Å². The Morgan fingerprint density at radius 2 is 1.39 bits per heavy atom. The zero-order valence-electron chi connectivity index (χ0n) is 13.3. The Morgan fingerprint density at radius 3 is 1.75 bits per heavy atom. The zero-order valence-corrected chi connectivity index (χ0v) is 13.3. The third-order valence-electron chi connectivity index (χ3n) is 2.86. The normalized spacial score (nSPS) is 16.5. The van der Waals surface area contributed by atoms with Crippen molar-refractivity contribution >= 4 is 11.9 Å². The molecule has 164 valence electrons. The number of nitrogens with one attached hydrogen (secondary N) is 1. The summed E-state index contributed by atoms with van der Waals surface area (Å²) in [5.74, 6) is -18.2. The molecule has 0 aliphatic carbocycles. The first kappa shape index (κ1) is 25.9. The maximum atomic E-state index is 13.8. The van der Waals surface area contributed by atoms with Crippen LogP contribution in [0.5, 0.6) is 0 Å². The van der Waals surface area contributed by atoms with Crippen LogP contribution in [0.4, 0.5) is 48.3 Å². The third-order valence-corrected chi connectivity index (χ3v) is 2.86. The van der Waals surface area contributed by atoms with Gasteiger partial charge < -0.3 is 10.4 Å². The van der Waals surface area contributed by atoms with E-state index >= 15 is 0 Å². The molecule has 1 amide bonds. The molecule has 0 aromatic heterocycles. The lowest BCUT2D eigenvalue weighted by atomic mass is 10.2. The SMILES string of the molecule is CC(=CCCNC(=O)C(F)(OC(F)(F)C(F)(F)C(F)(F)F)C(F)(F)F)C(=O)O. The fraction of sp³-hybridized carbons (Fsp3) is 0.667. The van der Waals surface area contributed by atoms with Crippen LogP contribution in [0.2, 0.25) is 0 Å². The Balaban J connectivity index is 5.58. The van der Waals surface area contributed by atoms with Gasteiger partial charge in [0.15, 0.2) is 0 Å². The van der Waals surface area contributed by atoms with E-state index in [9.17, 15) is 57.9 Å². The fourth-order valence-electron chi connectivity index (χ4n) is 1.31. The van der Waals surface area contributed by atoms with E-state index in [4.69, 9.17) is 5.11 Å². The molecule has 0 rings (SSSR count). The molecule has 1 unspecified atom stereocenters. The van der Waals surface area contributed by atoms with E-state index in [1.807, 2.05) is 4.74 Å². The first-order valence-corrected chi connectivity index (χ1v) is 6.67. The Labute approximate surface area is 148 Å². The van der Waals surface area contributed by atoms with Crippen LogP contribution in [-0.4, -0.2) is 53.8 Å². The highest BCUT2D eigenvalue weighted by atomic mass is 19.4. The minimum Gasteiger partial charge on any atom is -0.478 e. The van der Waals surface area contributed by atoms with Gasteiger partial charge in [-0.1, -0.05) is 6.08 Å². The summed E-state index contributed by atoms with van der Waals surface area (Å²) in [4.78, 5) is 21.6. The van der Waals surface area contributed by atoms with Gasteiger partial charge in [0.2, 0.25) is 0 Å². The second-order valence-corrected chi connectivity index (χ2v) is 5.02. The first-order valence-electron chi connectivity index (χ1n) is 6.67. The molecule has 28 heavy (non-hydrogen) atoms. The summed E-state index contributed by atoms with van der Waals surface area (Å²) in [5.41, 5.74) is -0.385. The average Bonchev–Trinajstić information content (AvgIpc) is 2.47. The van der Waals surface area contributed by atoms with Gasteiger partial charge >= 0.3 is 36.2 Å². The summed E-state index contributed by atoms with van der Waals surface area (Å²) in [6, 6.07) is 0. The van der Waals surface area contributed by atoms with Gasteiger partial charge in [0.1, 0.15) is 0 Å². The van der Waals surface area contributed by atoms with Gasteiger partial charge in [0, 0.05) is 12.1 Å². The Hall–Kier alpha value is -2.13. The number of alkyl halides is 11. The molecule has 5 nitrogen and oxygen atoms in total. The van der Waals surface area contributed by atoms with Crippen molar-refractivity contribution in [2.45, 2.75) is 43.6 Å². The molecule has 0 saturated heterocycles. The second-order valence-electron chi connectivity index (χ2n) is 5.02. The van der Waals surface area contributed by atoms with E-state index in [1.54, 1.807) is 0 Å². The topological polar surface area (TPSA) is 75.6 Å².